The van der Waals surface area contributed by atoms with E-state index in [9.17, 15) is 18.3 Å². The second-order valence-corrected chi connectivity index (χ2v) is 7.74. The number of sulfonamides is 1. The van der Waals surface area contributed by atoms with Gasteiger partial charge in [0.05, 0.1) is 17.9 Å². The Kier molecular flexibility index (Phi) is 6.44. The molecular formula is C12H26N2O4S. The molecule has 0 radical (unpaired) electrons. The van der Waals surface area contributed by atoms with E-state index < -0.39 is 33.6 Å². The van der Waals surface area contributed by atoms with Crippen LogP contribution in [0.25, 0.3) is 0 Å². The molecule has 114 valence electrons. The first-order chi connectivity index (χ1) is 8.35. The van der Waals surface area contributed by atoms with Crippen LogP contribution in [0.2, 0.25) is 0 Å². The Hall–Kier alpha value is -0.660. The minimum absolute atomic E-state index is 0.166. The Morgan fingerprint density at radius 2 is 1.74 bits per heavy atom. The van der Waals surface area contributed by atoms with E-state index in [4.69, 9.17) is 0 Å². The predicted octanol–water partition coefficient (Wildman–Crippen LogP) is 0.226. The third kappa shape index (κ3) is 7.49. The maximum atomic E-state index is 12.1. The van der Waals surface area contributed by atoms with Crippen molar-refractivity contribution in [1.82, 2.24) is 10.0 Å². The van der Waals surface area contributed by atoms with Crippen LogP contribution < -0.4 is 10.0 Å². The largest absolute Gasteiger partial charge is 0.391 e. The number of hydrogen-bond donors (Lipinski definition) is 3. The van der Waals surface area contributed by atoms with Crippen LogP contribution in [-0.4, -0.2) is 43.4 Å². The molecule has 0 aromatic heterocycles. The lowest BCUT2D eigenvalue weighted by Gasteiger charge is -2.31. The Morgan fingerprint density at radius 1 is 1.26 bits per heavy atom. The monoisotopic (exact) mass is 294 g/mol. The summed E-state index contributed by atoms with van der Waals surface area (Å²) in [6.07, 6.45) is 0.678. The highest BCUT2D eigenvalue weighted by Gasteiger charge is 2.31. The molecule has 2 atom stereocenters. The molecule has 0 aliphatic heterocycles. The molecular weight excluding hydrogens is 268 g/mol. The molecule has 0 spiro atoms. The fraction of sp³-hybridized carbons (Fsp3) is 0.917. The highest BCUT2D eigenvalue weighted by molar-refractivity contribution is 7.88. The molecule has 0 rings (SSSR count). The fourth-order valence-electron chi connectivity index (χ4n) is 1.45. The lowest BCUT2D eigenvalue weighted by Crippen LogP contribution is -2.57. The summed E-state index contributed by atoms with van der Waals surface area (Å²) >= 11 is 0. The number of amides is 1. The van der Waals surface area contributed by atoms with Crippen LogP contribution in [0.5, 0.6) is 0 Å². The zero-order valence-corrected chi connectivity index (χ0v) is 13.3. The quantitative estimate of drug-likeness (QED) is 0.626. The molecule has 2 unspecified atom stereocenters. The first-order valence-corrected chi connectivity index (χ1v) is 8.21. The molecule has 0 bridgehead atoms. The summed E-state index contributed by atoms with van der Waals surface area (Å²) in [6, 6.07) is -0.826. The van der Waals surface area contributed by atoms with Crippen molar-refractivity contribution in [3.8, 4) is 0 Å². The maximum Gasteiger partial charge on any atom is 0.238 e. The molecule has 0 saturated carbocycles. The third-order valence-corrected chi connectivity index (χ3v) is 3.58. The first kappa shape index (κ1) is 18.3. The summed E-state index contributed by atoms with van der Waals surface area (Å²) in [6.45, 7) is 8.75. The fourth-order valence-corrected chi connectivity index (χ4v) is 2.17. The van der Waals surface area contributed by atoms with Gasteiger partial charge in [-0.25, -0.2) is 13.1 Å². The van der Waals surface area contributed by atoms with E-state index in [1.165, 1.54) is 0 Å². The van der Waals surface area contributed by atoms with E-state index in [0.717, 1.165) is 6.26 Å². The molecule has 0 aromatic carbocycles. The van der Waals surface area contributed by atoms with Gasteiger partial charge in [-0.05, 0) is 33.1 Å². The van der Waals surface area contributed by atoms with Crippen LogP contribution in [0.3, 0.4) is 0 Å². The number of aliphatic hydroxyl groups is 1. The van der Waals surface area contributed by atoms with Gasteiger partial charge < -0.3 is 10.4 Å². The van der Waals surface area contributed by atoms with Crippen molar-refractivity contribution < 1.29 is 18.3 Å². The lowest BCUT2D eigenvalue weighted by molar-refractivity contribution is -0.126. The van der Waals surface area contributed by atoms with Gasteiger partial charge in [0.1, 0.15) is 6.04 Å². The molecule has 0 aliphatic rings. The molecule has 6 nitrogen and oxygen atoms in total. The summed E-state index contributed by atoms with van der Waals surface area (Å²) in [5.41, 5.74) is -0.814. The van der Waals surface area contributed by atoms with Gasteiger partial charge >= 0.3 is 0 Å². The van der Waals surface area contributed by atoms with Crippen LogP contribution in [-0.2, 0) is 14.8 Å². The minimum Gasteiger partial charge on any atom is -0.391 e. The SMILES string of the molecule is CC(C)CC(NS(C)(=O)=O)C(=O)NC(C)(C)C(C)O. The zero-order valence-electron chi connectivity index (χ0n) is 12.5. The number of hydrogen-bond acceptors (Lipinski definition) is 4. The second-order valence-electron chi connectivity index (χ2n) is 5.96. The molecule has 0 saturated heterocycles. The Morgan fingerprint density at radius 3 is 2.05 bits per heavy atom. The van der Waals surface area contributed by atoms with E-state index in [0.29, 0.717) is 6.42 Å². The Balaban J connectivity index is 4.92. The van der Waals surface area contributed by atoms with Gasteiger partial charge in [-0.1, -0.05) is 13.8 Å². The second kappa shape index (κ2) is 6.67. The standard InChI is InChI=1S/C12H26N2O4S/c1-8(2)7-10(14-19(6,17)18)11(16)13-12(4,5)9(3)15/h8-10,14-15H,7H2,1-6H3,(H,13,16). The van der Waals surface area contributed by atoms with E-state index in [2.05, 4.69) is 10.0 Å². The molecule has 0 fully saturated rings. The zero-order chi connectivity index (χ0) is 15.4. The summed E-state index contributed by atoms with van der Waals surface area (Å²) in [5, 5.41) is 12.2. The normalized spacial score (nSPS) is 16.2. The average molecular weight is 294 g/mol. The van der Waals surface area contributed by atoms with Crippen molar-refractivity contribution in [2.75, 3.05) is 6.26 Å². The molecule has 0 aromatic rings. The molecule has 0 heterocycles. The third-order valence-electron chi connectivity index (χ3n) is 2.87. The highest BCUT2D eigenvalue weighted by Crippen LogP contribution is 2.11. The Bertz CT molecular complexity index is 402. The first-order valence-electron chi connectivity index (χ1n) is 6.32. The van der Waals surface area contributed by atoms with E-state index in [1.54, 1.807) is 20.8 Å². The number of carbonyl (C=O) groups is 1. The van der Waals surface area contributed by atoms with Crippen molar-refractivity contribution in [3.05, 3.63) is 0 Å². The predicted molar refractivity (Wildman–Crippen MR) is 75.1 cm³/mol. The Labute approximate surface area is 116 Å². The van der Waals surface area contributed by atoms with E-state index in [-0.39, 0.29) is 5.92 Å². The van der Waals surface area contributed by atoms with E-state index >= 15 is 0 Å². The van der Waals surface area contributed by atoms with Crippen LogP contribution in [0.1, 0.15) is 41.0 Å². The summed E-state index contributed by atoms with van der Waals surface area (Å²) < 4.78 is 24.9. The van der Waals surface area contributed by atoms with Gasteiger partial charge in [-0.3, -0.25) is 4.79 Å². The van der Waals surface area contributed by atoms with Gasteiger partial charge in [0.15, 0.2) is 0 Å². The van der Waals surface area contributed by atoms with Gasteiger partial charge in [-0.2, -0.15) is 0 Å². The number of aliphatic hydroxyl groups excluding tert-OH is 1. The van der Waals surface area contributed by atoms with Crippen LogP contribution in [0.4, 0.5) is 0 Å². The molecule has 19 heavy (non-hydrogen) atoms. The number of rotatable bonds is 7. The lowest BCUT2D eigenvalue weighted by atomic mass is 9.97. The molecule has 1 amide bonds. The van der Waals surface area contributed by atoms with Crippen molar-refractivity contribution in [1.29, 1.82) is 0 Å². The van der Waals surface area contributed by atoms with Gasteiger partial charge in [0.2, 0.25) is 15.9 Å². The summed E-state index contributed by atoms with van der Waals surface area (Å²) in [5.74, 6) is -0.260. The minimum atomic E-state index is -3.46. The van der Waals surface area contributed by atoms with Gasteiger partial charge in [-0.15, -0.1) is 0 Å². The van der Waals surface area contributed by atoms with E-state index in [1.807, 2.05) is 13.8 Å². The smallest absolute Gasteiger partial charge is 0.238 e. The van der Waals surface area contributed by atoms with Gasteiger partial charge in [0, 0.05) is 0 Å². The van der Waals surface area contributed by atoms with Gasteiger partial charge in [0.25, 0.3) is 0 Å². The van der Waals surface area contributed by atoms with Crippen LogP contribution in [0.15, 0.2) is 0 Å². The average Bonchev–Trinajstić information content (AvgIpc) is 2.12. The molecule has 3 N–H and O–H groups in total. The summed E-state index contributed by atoms with van der Waals surface area (Å²) in [4.78, 5) is 12.1. The maximum absolute atomic E-state index is 12.1. The molecule has 7 heteroatoms. The number of nitrogens with one attached hydrogen (secondary N) is 2. The van der Waals surface area contributed by atoms with Crippen molar-refractivity contribution >= 4 is 15.9 Å². The van der Waals surface area contributed by atoms with Crippen molar-refractivity contribution in [3.63, 3.8) is 0 Å². The summed E-state index contributed by atoms with van der Waals surface area (Å²) in [7, 11) is -3.46. The highest BCUT2D eigenvalue weighted by atomic mass is 32.2. The number of carbonyl (C=O) groups excluding carboxylic acids is 1. The van der Waals surface area contributed by atoms with Crippen molar-refractivity contribution in [2.24, 2.45) is 5.92 Å². The molecule has 0 aliphatic carbocycles. The van der Waals surface area contributed by atoms with Crippen LogP contribution in [0, 0.1) is 5.92 Å². The topological polar surface area (TPSA) is 95.5 Å². The van der Waals surface area contributed by atoms with Crippen molar-refractivity contribution in [2.45, 2.75) is 58.7 Å². The van der Waals surface area contributed by atoms with Crippen LogP contribution >= 0.6 is 0 Å².